The van der Waals surface area contributed by atoms with Crippen molar-refractivity contribution in [2.24, 2.45) is 11.7 Å². The fraction of sp³-hybridized carbons (Fsp3) is 0.500. The average Bonchev–Trinajstić information content (AvgIpc) is 2.21. The molecule has 94 valence electrons. The Morgan fingerprint density at radius 1 is 1.29 bits per heavy atom. The summed E-state index contributed by atoms with van der Waals surface area (Å²) in [6.45, 7) is 9.20. The zero-order valence-corrected chi connectivity index (χ0v) is 11.9. The molecule has 2 N–H and O–H groups in total. The molecule has 1 aromatic carbocycles. The lowest BCUT2D eigenvalue weighted by atomic mass is 10.1. The number of benzene rings is 1. The van der Waals surface area contributed by atoms with E-state index in [4.69, 9.17) is 22.7 Å². The van der Waals surface area contributed by atoms with Crippen molar-refractivity contribution >= 4 is 17.2 Å². The van der Waals surface area contributed by atoms with E-state index in [1.165, 1.54) is 0 Å². The van der Waals surface area contributed by atoms with Gasteiger partial charge in [-0.1, -0.05) is 26.1 Å². The number of hydrogen-bond donors (Lipinski definition) is 1. The van der Waals surface area contributed by atoms with Crippen LogP contribution in [0.2, 0.25) is 0 Å². The highest BCUT2D eigenvalue weighted by molar-refractivity contribution is 7.80. The molecule has 0 atom stereocenters. The highest BCUT2D eigenvalue weighted by atomic mass is 32.1. The van der Waals surface area contributed by atoms with Gasteiger partial charge in [-0.3, -0.25) is 0 Å². The SMILES string of the molecule is Cc1cc(C(N)=S)cc(C)c1OCCC(C)C. The van der Waals surface area contributed by atoms with Crippen molar-refractivity contribution < 1.29 is 4.74 Å². The van der Waals surface area contributed by atoms with Gasteiger partial charge < -0.3 is 10.5 Å². The summed E-state index contributed by atoms with van der Waals surface area (Å²) in [7, 11) is 0. The predicted molar refractivity (Wildman–Crippen MR) is 76.8 cm³/mol. The van der Waals surface area contributed by atoms with E-state index < -0.39 is 0 Å². The molecule has 17 heavy (non-hydrogen) atoms. The van der Waals surface area contributed by atoms with Gasteiger partial charge in [-0.25, -0.2) is 0 Å². The van der Waals surface area contributed by atoms with Gasteiger partial charge in [-0.05, 0) is 49.4 Å². The number of ether oxygens (including phenoxy) is 1. The maximum atomic E-state index is 5.83. The Morgan fingerprint density at radius 3 is 2.24 bits per heavy atom. The highest BCUT2D eigenvalue weighted by Gasteiger charge is 2.08. The van der Waals surface area contributed by atoms with Gasteiger partial charge in [0.25, 0.3) is 0 Å². The van der Waals surface area contributed by atoms with Crippen LogP contribution < -0.4 is 10.5 Å². The molecule has 0 amide bonds. The molecule has 0 radical (unpaired) electrons. The third-order valence-corrected chi connectivity index (χ3v) is 2.92. The first kappa shape index (κ1) is 14.0. The summed E-state index contributed by atoms with van der Waals surface area (Å²) in [6, 6.07) is 3.97. The van der Waals surface area contributed by atoms with E-state index in [9.17, 15) is 0 Å². The second-order valence-corrected chi connectivity index (χ2v) is 5.27. The summed E-state index contributed by atoms with van der Waals surface area (Å²) in [5, 5.41) is 0. The molecule has 0 heterocycles. The van der Waals surface area contributed by atoms with Crippen LogP contribution in [0.1, 0.15) is 37.0 Å². The van der Waals surface area contributed by atoms with Crippen LogP contribution in [-0.4, -0.2) is 11.6 Å². The third-order valence-electron chi connectivity index (χ3n) is 2.69. The Bertz CT molecular complexity index is 390. The minimum absolute atomic E-state index is 0.435. The summed E-state index contributed by atoms with van der Waals surface area (Å²) < 4.78 is 5.83. The summed E-state index contributed by atoms with van der Waals surface area (Å²) >= 11 is 4.98. The van der Waals surface area contributed by atoms with E-state index in [1.807, 2.05) is 26.0 Å². The monoisotopic (exact) mass is 251 g/mol. The molecule has 2 nitrogen and oxygen atoms in total. The van der Waals surface area contributed by atoms with Gasteiger partial charge in [-0.15, -0.1) is 0 Å². The normalized spacial score (nSPS) is 10.6. The summed E-state index contributed by atoms with van der Waals surface area (Å²) in [6.07, 6.45) is 1.07. The molecular formula is C14H21NOS. The summed E-state index contributed by atoms with van der Waals surface area (Å²) in [5.41, 5.74) is 8.73. The first-order valence-corrected chi connectivity index (χ1v) is 6.36. The van der Waals surface area contributed by atoms with Crippen LogP contribution >= 0.6 is 12.2 Å². The molecule has 0 unspecified atom stereocenters. The second-order valence-electron chi connectivity index (χ2n) is 4.83. The van der Waals surface area contributed by atoms with E-state index in [0.29, 0.717) is 10.9 Å². The standard InChI is InChI=1S/C14H21NOS/c1-9(2)5-6-16-13-10(3)7-12(14(15)17)8-11(13)4/h7-9H,5-6H2,1-4H3,(H2,15,17). The molecule has 0 saturated carbocycles. The van der Waals surface area contributed by atoms with E-state index >= 15 is 0 Å². The van der Waals surface area contributed by atoms with Crippen LogP contribution in [0.25, 0.3) is 0 Å². The first-order chi connectivity index (χ1) is 7.91. The smallest absolute Gasteiger partial charge is 0.125 e. The molecule has 3 heteroatoms. The predicted octanol–water partition coefficient (Wildman–Crippen LogP) is 3.36. The topological polar surface area (TPSA) is 35.2 Å². The fourth-order valence-corrected chi connectivity index (χ4v) is 1.83. The van der Waals surface area contributed by atoms with Crippen molar-refractivity contribution in [3.05, 3.63) is 28.8 Å². The summed E-state index contributed by atoms with van der Waals surface area (Å²) in [4.78, 5) is 0.435. The maximum Gasteiger partial charge on any atom is 0.125 e. The number of thiocarbonyl (C=S) groups is 1. The van der Waals surface area contributed by atoms with E-state index in [1.54, 1.807) is 0 Å². The van der Waals surface area contributed by atoms with Gasteiger partial charge >= 0.3 is 0 Å². The van der Waals surface area contributed by atoms with Crippen LogP contribution in [0, 0.1) is 19.8 Å². The number of nitrogens with two attached hydrogens (primary N) is 1. The third kappa shape index (κ3) is 4.00. The zero-order chi connectivity index (χ0) is 13.0. The second kappa shape index (κ2) is 6.01. The number of rotatable bonds is 5. The van der Waals surface area contributed by atoms with Gasteiger partial charge in [-0.2, -0.15) is 0 Å². The van der Waals surface area contributed by atoms with Gasteiger partial charge in [0.15, 0.2) is 0 Å². The van der Waals surface area contributed by atoms with Gasteiger partial charge in [0.2, 0.25) is 0 Å². The highest BCUT2D eigenvalue weighted by Crippen LogP contribution is 2.25. The molecular weight excluding hydrogens is 230 g/mol. The molecule has 0 fully saturated rings. The molecule has 0 aliphatic carbocycles. The van der Waals surface area contributed by atoms with Crippen molar-refractivity contribution in [2.45, 2.75) is 34.1 Å². The van der Waals surface area contributed by atoms with Crippen LogP contribution in [-0.2, 0) is 0 Å². The van der Waals surface area contributed by atoms with Crippen molar-refractivity contribution in [1.82, 2.24) is 0 Å². The number of hydrogen-bond acceptors (Lipinski definition) is 2. The van der Waals surface area contributed by atoms with Crippen molar-refractivity contribution in [1.29, 1.82) is 0 Å². The average molecular weight is 251 g/mol. The molecule has 0 aliphatic heterocycles. The largest absolute Gasteiger partial charge is 0.493 e. The minimum atomic E-state index is 0.435. The van der Waals surface area contributed by atoms with E-state index in [-0.39, 0.29) is 0 Å². The Kier molecular flexibility index (Phi) is 4.94. The van der Waals surface area contributed by atoms with Gasteiger partial charge in [0, 0.05) is 5.56 Å². The van der Waals surface area contributed by atoms with Crippen molar-refractivity contribution in [2.75, 3.05) is 6.61 Å². The van der Waals surface area contributed by atoms with Crippen LogP contribution in [0.5, 0.6) is 5.75 Å². The lowest BCUT2D eigenvalue weighted by Gasteiger charge is -2.14. The Balaban J connectivity index is 2.83. The molecule has 1 rings (SSSR count). The fourth-order valence-electron chi connectivity index (χ4n) is 1.72. The van der Waals surface area contributed by atoms with Crippen LogP contribution in [0.15, 0.2) is 12.1 Å². The quantitative estimate of drug-likeness (QED) is 0.815. The van der Waals surface area contributed by atoms with Crippen molar-refractivity contribution in [3.63, 3.8) is 0 Å². The number of aryl methyl sites for hydroxylation is 2. The molecule has 0 bridgehead atoms. The molecule has 1 aromatic rings. The Morgan fingerprint density at radius 2 is 1.82 bits per heavy atom. The van der Waals surface area contributed by atoms with Crippen LogP contribution in [0.3, 0.4) is 0 Å². The molecule has 0 aliphatic rings. The maximum absolute atomic E-state index is 5.83. The minimum Gasteiger partial charge on any atom is -0.493 e. The van der Waals surface area contributed by atoms with Crippen molar-refractivity contribution in [3.8, 4) is 5.75 Å². The Hall–Kier alpha value is -1.09. The van der Waals surface area contributed by atoms with E-state index in [2.05, 4.69) is 13.8 Å². The molecule has 0 aromatic heterocycles. The first-order valence-electron chi connectivity index (χ1n) is 5.95. The van der Waals surface area contributed by atoms with E-state index in [0.717, 1.165) is 35.5 Å². The van der Waals surface area contributed by atoms with Crippen LogP contribution in [0.4, 0.5) is 0 Å². The zero-order valence-electron chi connectivity index (χ0n) is 11.0. The van der Waals surface area contributed by atoms with Gasteiger partial charge in [0.1, 0.15) is 10.7 Å². The molecule has 0 spiro atoms. The molecule has 0 saturated heterocycles. The van der Waals surface area contributed by atoms with Gasteiger partial charge in [0.05, 0.1) is 6.61 Å². The lowest BCUT2D eigenvalue weighted by molar-refractivity contribution is 0.286. The Labute approximate surface area is 109 Å². The summed E-state index contributed by atoms with van der Waals surface area (Å²) in [5.74, 6) is 1.62. The lowest BCUT2D eigenvalue weighted by Crippen LogP contribution is -2.11.